The van der Waals surface area contributed by atoms with Crippen LogP contribution in [0.15, 0.2) is 17.2 Å². The van der Waals surface area contributed by atoms with Gasteiger partial charge in [0, 0.05) is 5.56 Å². The first kappa shape index (κ1) is 9.64. The number of fused-ring (bicyclic) bond motifs is 1. The van der Waals surface area contributed by atoms with Crippen LogP contribution in [-0.4, -0.2) is 26.5 Å². The minimum Gasteiger partial charge on any atom is -0.493 e. The van der Waals surface area contributed by atoms with E-state index in [9.17, 15) is 0 Å². The monoisotopic (exact) mass is 208 g/mol. The number of methoxy groups -OCH3 is 1. The molecule has 2 N–H and O–H groups in total. The zero-order valence-electron chi connectivity index (χ0n) is 8.40. The standard InChI is InChI=1S/C10H12N2O3/c1-13-8-4-7(6-12-11)5-9-10(8)15-3-2-14-9/h4-6H,2-3,11H2,1H3/b12-6-. The van der Waals surface area contributed by atoms with E-state index in [1.54, 1.807) is 13.2 Å². The van der Waals surface area contributed by atoms with E-state index in [0.29, 0.717) is 30.5 Å². The zero-order chi connectivity index (χ0) is 10.7. The number of hydrogen-bond donors (Lipinski definition) is 1. The van der Waals surface area contributed by atoms with Gasteiger partial charge in [0.25, 0.3) is 0 Å². The Morgan fingerprint density at radius 2 is 2.20 bits per heavy atom. The van der Waals surface area contributed by atoms with Gasteiger partial charge in [0.1, 0.15) is 13.2 Å². The molecule has 2 rings (SSSR count). The molecule has 15 heavy (non-hydrogen) atoms. The van der Waals surface area contributed by atoms with Crippen molar-refractivity contribution in [3.8, 4) is 17.2 Å². The molecule has 0 saturated heterocycles. The lowest BCUT2D eigenvalue weighted by Crippen LogP contribution is -2.16. The second-order valence-electron chi connectivity index (χ2n) is 3.03. The Bertz CT molecular complexity index is 373. The zero-order valence-corrected chi connectivity index (χ0v) is 8.40. The van der Waals surface area contributed by atoms with Gasteiger partial charge < -0.3 is 20.1 Å². The number of benzene rings is 1. The van der Waals surface area contributed by atoms with Crippen LogP contribution in [0, 0.1) is 0 Å². The summed E-state index contributed by atoms with van der Waals surface area (Å²) in [6.07, 6.45) is 1.53. The fraction of sp³-hybridized carbons (Fsp3) is 0.300. The average molecular weight is 208 g/mol. The summed E-state index contributed by atoms with van der Waals surface area (Å²) in [5, 5.41) is 3.45. The summed E-state index contributed by atoms with van der Waals surface area (Å²) in [6, 6.07) is 3.61. The van der Waals surface area contributed by atoms with Gasteiger partial charge in [0.2, 0.25) is 5.75 Å². The Balaban J connectivity index is 2.47. The summed E-state index contributed by atoms with van der Waals surface area (Å²) in [7, 11) is 1.58. The van der Waals surface area contributed by atoms with Gasteiger partial charge in [-0.05, 0) is 12.1 Å². The molecule has 1 aliphatic heterocycles. The maximum atomic E-state index is 5.45. The lowest BCUT2D eigenvalue weighted by molar-refractivity contribution is 0.165. The molecule has 1 aromatic carbocycles. The molecule has 1 aliphatic rings. The average Bonchev–Trinajstić information content (AvgIpc) is 2.28. The Kier molecular flexibility index (Phi) is 2.62. The van der Waals surface area contributed by atoms with Gasteiger partial charge in [-0.3, -0.25) is 0 Å². The number of nitrogens with two attached hydrogens (primary N) is 1. The number of hydrazone groups is 1. The van der Waals surface area contributed by atoms with Crippen LogP contribution in [0.3, 0.4) is 0 Å². The topological polar surface area (TPSA) is 66.1 Å². The molecule has 80 valence electrons. The molecule has 0 spiro atoms. The number of hydrogen-bond acceptors (Lipinski definition) is 5. The fourth-order valence-electron chi connectivity index (χ4n) is 1.45. The van der Waals surface area contributed by atoms with Gasteiger partial charge in [0.05, 0.1) is 13.3 Å². The van der Waals surface area contributed by atoms with Crippen molar-refractivity contribution in [2.75, 3.05) is 20.3 Å². The van der Waals surface area contributed by atoms with Crippen LogP contribution in [0.4, 0.5) is 0 Å². The fourth-order valence-corrected chi connectivity index (χ4v) is 1.45. The van der Waals surface area contributed by atoms with Gasteiger partial charge in [-0.25, -0.2) is 0 Å². The lowest BCUT2D eigenvalue weighted by atomic mass is 10.2. The molecule has 0 aromatic heterocycles. The highest BCUT2D eigenvalue weighted by atomic mass is 16.6. The second kappa shape index (κ2) is 4.08. The molecule has 0 amide bonds. The van der Waals surface area contributed by atoms with Crippen LogP contribution in [0.5, 0.6) is 17.2 Å². The summed E-state index contributed by atoms with van der Waals surface area (Å²) in [4.78, 5) is 0. The van der Waals surface area contributed by atoms with Crippen LogP contribution in [-0.2, 0) is 0 Å². The molecule has 5 heteroatoms. The highest BCUT2D eigenvalue weighted by molar-refractivity contribution is 5.82. The molecular weight excluding hydrogens is 196 g/mol. The van der Waals surface area contributed by atoms with Crippen molar-refractivity contribution in [3.63, 3.8) is 0 Å². The van der Waals surface area contributed by atoms with Crippen LogP contribution in [0.1, 0.15) is 5.56 Å². The van der Waals surface area contributed by atoms with Gasteiger partial charge in [-0.2, -0.15) is 5.10 Å². The predicted molar refractivity (Wildman–Crippen MR) is 55.8 cm³/mol. The Hall–Kier alpha value is -1.91. The SMILES string of the molecule is COc1cc(/C=N\N)cc2c1OCCO2. The molecular formula is C10H12N2O3. The summed E-state index contributed by atoms with van der Waals surface area (Å²) >= 11 is 0. The Morgan fingerprint density at radius 3 is 2.93 bits per heavy atom. The lowest BCUT2D eigenvalue weighted by Gasteiger charge is -2.20. The first-order valence-corrected chi connectivity index (χ1v) is 4.56. The highest BCUT2D eigenvalue weighted by Crippen LogP contribution is 2.39. The molecule has 1 aromatic rings. The normalized spacial score (nSPS) is 14.2. The van der Waals surface area contributed by atoms with Gasteiger partial charge in [-0.15, -0.1) is 0 Å². The van der Waals surface area contributed by atoms with Crippen molar-refractivity contribution in [1.82, 2.24) is 0 Å². The highest BCUT2D eigenvalue weighted by Gasteiger charge is 2.17. The third-order valence-corrected chi connectivity index (χ3v) is 2.07. The first-order valence-electron chi connectivity index (χ1n) is 4.56. The van der Waals surface area contributed by atoms with E-state index < -0.39 is 0 Å². The number of rotatable bonds is 2. The molecule has 1 heterocycles. The van der Waals surface area contributed by atoms with Crippen molar-refractivity contribution in [1.29, 1.82) is 0 Å². The van der Waals surface area contributed by atoms with Crippen molar-refractivity contribution in [2.45, 2.75) is 0 Å². The van der Waals surface area contributed by atoms with E-state index >= 15 is 0 Å². The van der Waals surface area contributed by atoms with Crippen molar-refractivity contribution >= 4 is 6.21 Å². The molecule has 0 aliphatic carbocycles. The Labute approximate surface area is 87.4 Å². The molecule has 0 atom stereocenters. The molecule has 0 fully saturated rings. The van der Waals surface area contributed by atoms with E-state index in [0.717, 1.165) is 5.56 Å². The summed E-state index contributed by atoms with van der Waals surface area (Å²) < 4.78 is 16.1. The summed E-state index contributed by atoms with van der Waals surface area (Å²) in [5.74, 6) is 7.01. The minimum atomic E-state index is 0.535. The van der Waals surface area contributed by atoms with Crippen molar-refractivity contribution in [3.05, 3.63) is 17.7 Å². The Morgan fingerprint density at radius 1 is 1.40 bits per heavy atom. The minimum absolute atomic E-state index is 0.535. The molecule has 0 unspecified atom stereocenters. The van der Waals surface area contributed by atoms with E-state index in [1.165, 1.54) is 6.21 Å². The third-order valence-electron chi connectivity index (χ3n) is 2.07. The summed E-state index contributed by atoms with van der Waals surface area (Å²) in [6.45, 7) is 1.08. The van der Waals surface area contributed by atoms with Crippen LogP contribution in [0.2, 0.25) is 0 Å². The second-order valence-corrected chi connectivity index (χ2v) is 3.03. The smallest absolute Gasteiger partial charge is 0.203 e. The molecule has 0 bridgehead atoms. The van der Waals surface area contributed by atoms with Gasteiger partial charge in [-0.1, -0.05) is 0 Å². The summed E-state index contributed by atoms with van der Waals surface area (Å²) in [5.41, 5.74) is 0.818. The number of ether oxygens (including phenoxy) is 3. The van der Waals surface area contributed by atoms with E-state index in [1.807, 2.05) is 6.07 Å². The van der Waals surface area contributed by atoms with E-state index in [4.69, 9.17) is 20.1 Å². The van der Waals surface area contributed by atoms with Crippen LogP contribution in [0.25, 0.3) is 0 Å². The van der Waals surface area contributed by atoms with Gasteiger partial charge in [0.15, 0.2) is 11.5 Å². The van der Waals surface area contributed by atoms with E-state index in [2.05, 4.69) is 5.10 Å². The van der Waals surface area contributed by atoms with Crippen molar-refractivity contribution < 1.29 is 14.2 Å². The molecule has 5 nitrogen and oxygen atoms in total. The maximum absolute atomic E-state index is 5.45. The van der Waals surface area contributed by atoms with Crippen LogP contribution < -0.4 is 20.1 Å². The number of nitrogens with zero attached hydrogens (tertiary/aromatic N) is 1. The van der Waals surface area contributed by atoms with Crippen molar-refractivity contribution in [2.24, 2.45) is 10.9 Å². The first-order chi connectivity index (χ1) is 7.35. The van der Waals surface area contributed by atoms with E-state index in [-0.39, 0.29) is 0 Å². The third kappa shape index (κ3) is 1.81. The largest absolute Gasteiger partial charge is 0.493 e. The van der Waals surface area contributed by atoms with Crippen LogP contribution >= 0.6 is 0 Å². The van der Waals surface area contributed by atoms with Gasteiger partial charge >= 0.3 is 0 Å². The maximum Gasteiger partial charge on any atom is 0.203 e. The molecule has 0 radical (unpaired) electrons. The quantitative estimate of drug-likeness (QED) is 0.442. The predicted octanol–water partition coefficient (Wildman–Crippen LogP) is 0.759. The molecule has 0 saturated carbocycles.